The highest BCUT2D eigenvalue weighted by molar-refractivity contribution is 7.99. The molecule has 0 unspecified atom stereocenters. The molecule has 2 aliphatic rings. The summed E-state index contributed by atoms with van der Waals surface area (Å²) >= 11 is 2.03. The van der Waals surface area contributed by atoms with Crippen molar-refractivity contribution in [3.8, 4) is 0 Å². The lowest BCUT2D eigenvalue weighted by molar-refractivity contribution is 0.441. The summed E-state index contributed by atoms with van der Waals surface area (Å²) in [6.45, 7) is 4.80. The van der Waals surface area contributed by atoms with Gasteiger partial charge in [-0.05, 0) is 41.7 Å². The number of fused-ring (bicyclic) bond motifs is 13. The zero-order chi connectivity index (χ0) is 14.3. The number of hydrogen-bond donors (Lipinski definition) is 0. The monoisotopic (exact) mass is 290 g/mol. The molecule has 0 spiro atoms. The van der Waals surface area contributed by atoms with E-state index < -0.39 is 0 Å². The maximum Gasteiger partial charge on any atom is 0.00721 e. The van der Waals surface area contributed by atoms with Crippen molar-refractivity contribution in [3.63, 3.8) is 0 Å². The first-order valence-electron chi connectivity index (χ1n) is 8.42. The molecule has 2 aliphatic heterocycles. The number of benzene rings is 1. The molecule has 2 bridgehead atoms. The molecule has 0 N–H and O–H groups in total. The van der Waals surface area contributed by atoms with Crippen molar-refractivity contribution in [2.45, 2.75) is 81.9 Å². The lowest BCUT2D eigenvalue weighted by Crippen LogP contribution is -2.16. The maximum absolute atomic E-state index is 2.40. The molecule has 0 aromatic heterocycles. The van der Waals surface area contributed by atoms with Crippen LogP contribution in [0.3, 0.4) is 0 Å². The van der Waals surface area contributed by atoms with Crippen molar-refractivity contribution in [3.05, 3.63) is 29.8 Å². The van der Waals surface area contributed by atoms with Crippen molar-refractivity contribution < 1.29 is 0 Å². The zero-order valence-corrected chi connectivity index (χ0v) is 14.1. The Balaban J connectivity index is 2.01. The molecule has 20 heavy (non-hydrogen) atoms. The molecule has 0 amide bonds. The quantitative estimate of drug-likeness (QED) is 0.520. The van der Waals surface area contributed by atoms with Gasteiger partial charge in [0.2, 0.25) is 0 Å². The molecule has 1 heteroatoms. The van der Waals surface area contributed by atoms with E-state index in [1.807, 2.05) is 11.8 Å². The van der Waals surface area contributed by atoms with E-state index in [-0.39, 0.29) is 0 Å². The fourth-order valence-electron chi connectivity index (χ4n) is 3.07. The second-order valence-corrected chi connectivity index (χ2v) is 8.00. The van der Waals surface area contributed by atoms with Crippen LogP contribution in [-0.4, -0.2) is 5.75 Å². The van der Waals surface area contributed by atoms with Gasteiger partial charge in [-0.2, -0.15) is 0 Å². The third-order valence-electron chi connectivity index (χ3n) is 4.60. The second-order valence-electron chi connectivity index (χ2n) is 6.84. The van der Waals surface area contributed by atoms with Crippen molar-refractivity contribution >= 4 is 11.8 Å². The van der Waals surface area contributed by atoms with Gasteiger partial charge in [0.25, 0.3) is 0 Å². The van der Waals surface area contributed by atoms with Crippen LogP contribution in [0.5, 0.6) is 0 Å². The van der Waals surface area contributed by atoms with E-state index in [1.54, 1.807) is 0 Å². The van der Waals surface area contributed by atoms with Gasteiger partial charge in [0.15, 0.2) is 0 Å². The summed E-state index contributed by atoms with van der Waals surface area (Å²) in [4.78, 5) is 1.44. The van der Waals surface area contributed by atoms with Crippen molar-refractivity contribution in [1.29, 1.82) is 0 Å². The standard InChI is InChI=1S/C19H30S/c1-19(2)15-9-7-5-3-4-6-8-10-16-20-18-13-11-17(19)12-14-18/h11-14H,3-10,15-16H2,1-2H3. The Kier molecular flexibility index (Phi) is 6.48. The predicted molar refractivity (Wildman–Crippen MR) is 91.7 cm³/mol. The summed E-state index contributed by atoms with van der Waals surface area (Å²) < 4.78 is 0. The van der Waals surface area contributed by atoms with Gasteiger partial charge in [-0.25, -0.2) is 0 Å². The molecule has 0 saturated heterocycles. The van der Waals surface area contributed by atoms with E-state index in [0.29, 0.717) is 5.41 Å². The van der Waals surface area contributed by atoms with Crippen molar-refractivity contribution in [2.75, 3.05) is 5.75 Å². The second kappa shape index (κ2) is 8.12. The van der Waals surface area contributed by atoms with E-state index in [4.69, 9.17) is 0 Å². The van der Waals surface area contributed by atoms with Crippen LogP contribution >= 0.6 is 11.8 Å². The first kappa shape index (κ1) is 15.9. The van der Waals surface area contributed by atoms with Crippen molar-refractivity contribution in [2.24, 2.45) is 0 Å². The summed E-state index contributed by atoms with van der Waals surface area (Å²) in [6, 6.07) is 9.36. The summed E-state index contributed by atoms with van der Waals surface area (Å²) in [5.74, 6) is 1.28. The molecule has 0 nitrogen and oxygen atoms in total. The van der Waals surface area contributed by atoms with E-state index in [0.717, 1.165) is 0 Å². The van der Waals surface area contributed by atoms with E-state index in [1.165, 1.54) is 74.0 Å². The van der Waals surface area contributed by atoms with Gasteiger partial charge in [0, 0.05) is 4.90 Å². The highest BCUT2D eigenvalue weighted by Crippen LogP contribution is 2.31. The molecule has 2 heterocycles. The first-order valence-corrected chi connectivity index (χ1v) is 9.40. The normalized spacial score (nSPS) is 21.7. The van der Waals surface area contributed by atoms with Gasteiger partial charge in [-0.3, -0.25) is 0 Å². The summed E-state index contributed by atoms with van der Waals surface area (Å²) in [5, 5.41) is 0. The highest BCUT2D eigenvalue weighted by Gasteiger charge is 2.19. The highest BCUT2D eigenvalue weighted by atomic mass is 32.2. The molecule has 3 rings (SSSR count). The molecular weight excluding hydrogens is 260 g/mol. The molecule has 0 atom stereocenters. The molecular formula is C19H30S. The van der Waals surface area contributed by atoms with Crippen molar-refractivity contribution in [1.82, 2.24) is 0 Å². The smallest absolute Gasteiger partial charge is 0.00721 e. The Bertz CT molecular complexity index is 377. The largest absolute Gasteiger partial charge is 0.126 e. The molecule has 112 valence electrons. The molecule has 0 saturated carbocycles. The minimum absolute atomic E-state index is 0.334. The molecule has 0 aliphatic carbocycles. The van der Waals surface area contributed by atoms with Crippen LogP contribution in [-0.2, 0) is 5.41 Å². The van der Waals surface area contributed by atoms with Crippen LogP contribution < -0.4 is 0 Å². The van der Waals surface area contributed by atoms with Crippen LogP contribution in [0.15, 0.2) is 29.2 Å². The van der Waals surface area contributed by atoms with Crippen LogP contribution in [0.1, 0.15) is 77.2 Å². The summed E-state index contributed by atoms with van der Waals surface area (Å²) in [5.41, 5.74) is 1.84. The Morgan fingerprint density at radius 2 is 1.30 bits per heavy atom. The third kappa shape index (κ3) is 5.16. The molecule has 1 aromatic rings. The average molecular weight is 291 g/mol. The zero-order valence-electron chi connectivity index (χ0n) is 13.3. The Labute approximate surface area is 129 Å². The van der Waals surface area contributed by atoms with E-state index >= 15 is 0 Å². The van der Waals surface area contributed by atoms with Gasteiger partial charge < -0.3 is 0 Å². The average Bonchev–Trinajstić information content (AvgIpc) is 2.44. The van der Waals surface area contributed by atoms with Gasteiger partial charge in [0.05, 0.1) is 0 Å². The minimum atomic E-state index is 0.334. The lowest BCUT2D eigenvalue weighted by atomic mass is 9.80. The molecule has 1 aromatic carbocycles. The van der Waals surface area contributed by atoms with Crippen LogP contribution in [0.2, 0.25) is 0 Å². The number of hydrogen-bond acceptors (Lipinski definition) is 1. The van der Waals surface area contributed by atoms with Gasteiger partial charge in [0.1, 0.15) is 0 Å². The maximum atomic E-state index is 2.40. The number of rotatable bonds is 0. The fraction of sp³-hybridized carbons (Fsp3) is 0.684. The van der Waals surface area contributed by atoms with Gasteiger partial charge in [-0.1, -0.05) is 70.9 Å². The fourth-order valence-corrected chi connectivity index (χ4v) is 3.98. The van der Waals surface area contributed by atoms with Crippen LogP contribution in [0.25, 0.3) is 0 Å². The lowest BCUT2D eigenvalue weighted by Gasteiger charge is -2.25. The van der Waals surface area contributed by atoms with E-state index in [9.17, 15) is 0 Å². The number of thioether (sulfide) groups is 1. The third-order valence-corrected chi connectivity index (χ3v) is 5.70. The van der Waals surface area contributed by atoms with Gasteiger partial charge >= 0.3 is 0 Å². The first-order chi connectivity index (χ1) is 9.68. The minimum Gasteiger partial charge on any atom is -0.126 e. The SMILES string of the molecule is CC1(C)CCCCCCCCCCSc2ccc1cc2. The molecule has 0 radical (unpaired) electrons. The van der Waals surface area contributed by atoms with Crippen LogP contribution in [0.4, 0.5) is 0 Å². The Morgan fingerprint density at radius 1 is 0.750 bits per heavy atom. The summed E-state index contributed by atoms with van der Waals surface area (Å²) in [6.07, 6.45) is 12.7. The molecule has 0 fully saturated rings. The predicted octanol–water partition coefficient (Wildman–Crippen LogP) is 6.58. The van der Waals surface area contributed by atoms with Gasteiger partial charge in [-0.15, -0.1) is 11.8 Å². The van der Waals surface area contributed by atoms with E-state index in [2.05, 4.69) is 38.1 Å². The van der Waals surface area contributed by atoms with Crippen LogP contribution in [0, 0.1) is 0 Å². The Hall–Kier alpha value is -0.430. The summed E-state index contributed by atoms with van der Waals surface area (Å²) in [7, 11) is 0. The topological polar surface area (TPSA) is 0 Å². The Morgan fingerprint density at radius 3 is 1.95 bits per heavy atom.